The zero-order chi connectivity index (χ0) is 16.3. The van der Waals surface area contributed by atoms with Crippen LogP contribution in [-0.2, 0) is 19.1 Å². The third-order valence-corrected chi connectivity index (χ3v) is 4.88. The van der Waals surface area contributed by atoms with E-state index in [1.807, 2.05) is 12.1 Å². The summed E-state index contributed by atoms with van der Waals surface area (Å²) < 4.78 is 10.5. The maximum Gasteiger partial charge on any atom is 0.312 e. The first-order chi connectivity index (χ1) is 11.1. The van der Waals surface area contributed by atoms with Crippen LogP contribution in [-0.4, -0.2) is 38.1 Å². The second-order valence-electron chi connectivity index (χ2n) is 6.37. The van der Waals surface area contributed by atoms with Crippen molar-refractivity contribution >= 4 is 11.7 Å². The molecule has 0 bridgehead atoms. The quantitative estimate of drug-likeness (QED) is 0.801. The zero-order valence-corrected chi connectivity index (χ0v) is 13.7. The largest absolute Gasteiger partial charge is 0.469 e. The van der Waals surface area contributed by atoms with Crippen molar-refractivity contribution in [2.24, 2.45) is 10.6 Å². The van der Waals surface area contributed by atoms with Crippen molar-refractivity contribution in [3.8, 4) is 0 Å². The Morgan fingerprint density at radius 3 is 2.78 bits per heavy atom. The lowest BCUT2D eigenvalue weighted by Gasteiger charge is -2.35. The third-order valence-electron chi connectivity index (χ3n) is 4.88. The monoisotopic (exact) mass is 317 g/mol. The predicted octanol–water partition coefficient (Wildman–Crippen LogP) is 2.85. The van der Waals surface area contributed by atoms with Gasteiger partial charge in [0.05, 0.1) is 18.2 Å². The highest BCUT2D eigenvalue weighted by molar-refractivity contribution is 6.02. The number of methoxy groups -OCH3 is 1. The van der Waals surface area contributed by atoms with Crippen LogP contribution in [0.15, 0.2) is 29.4 Å². The van der Waals surface area contributed by atoms with Gasteiger partial charge in [0, 0.05) is 31.6 Å². The van der Waals surface area contributed by atoms with E-state index in [4.69, 9.17) is 14.3 Å². The van der Waals surface area contributed by atoms with E-state index in [1.54, 1.807) is 0 Å². The maximum atomic E-state index is 12.3. The van der Waals surface area contributed by atoms with Gasteiger partial charge in [-0.15, -0.1) is 0 Å². The molecule has 0 N–H and O–H groups in total. The minimum Gasteiger partial charge on any atom is -0.469 e. The summed E-state index contributed by atoms with van der Waals surface area (Å²) in [6, 6.07) is 8.15. The van der Waals surface area contributed by atoms with Gasteiger partial charge in [-0.2, -0.15) is 0 Å². The molecular weight excluding hydrogens is 294 g/mol. The first-order valence-electron chi connectivity index (χ1n) is 8.09. The van der Waals surface area contributed by atoms with E-state index in [0.29, 0.717) is 32.5 Å². The molecule has 0 amide bonds. The van der Waals surface area contributed by atoms with Gasteiger partial charge in [-0.05, 0) is 25.3 Å². The van der Waals surface area contributed by atoms with E-state index in [2.05, 4.69) is 24.2 Å². The molecule has 1 atom stereocenters. The van der Waals surface area contributed by atoms with Crippen molar-refractivity contribution in [2.75, 3.05) is 20.3 Å². The van der Waals surface area contributed by atoms with Crippen molar-refractivity contribution in [2.45, 2.75) is 38.7 Å². The Bertz CT molecular complexity index is 605. The number of hydrogen-bond donors (Lipinski definition) is 0. The van der Waals surface area contributed by atoms with E-state index in [1.165, 1.54) is 12.7 Å². The molecular formula is C18H23NO4. The molecule has 124 valence electrons. The van der Waals surface area contributed by atoms with E-state index in [-0.39, 0.29) is 12.1 Å². The van der Waals surface area contributed by atoms with Crippen LogP contribution in [0.2, 0.25) is 0 Å². The van der Waals surface area contributed by atoms with Crippen LogP contribution in [0.25, 0.3) is 0 Å². The molecule has 0 unspecified atom stereocenters. The number of carbonyl (C=O) groups excluding carboxylic acids is 1. The molecule has 0 aliphatic carbocycles. The van der Waals surface area contributed by atoms with Gasteiger partial charge in [0.2, 0.25) is 0 Å². The fourth-order valence-electron chi connectivity index (χ4n) is 3.50. The summed E-state index contributed by atoms with van der Waals surface area (Å²) in [4.78, 5) is 17.9. The average Bonchev–Trinajstić information content (AvgIpc) is 3.03. The maximum absolute atomic E-state index is 12.3. The zero-order valence-electron chi connectivity index (χ0n) is 13.7. The normalized spacial score (nSPS) is 23.0. The fourth-order valence-corrected chi connectivity index (χ4v) is 3.50. The van der Waals surface area contributed by atoms with Gasteiger partial charge in [-0.3, -0.25) is 4.79 Å². The summed E-state index contributed by atoms with van der Waals surface area (Å²) >= 11 is 0. The molecule has 1 aromatic carbocycles. The minimum atomic E-state index is -0.506. The summed E-state index contributed by atoms with van der Waals surface area (Å²) in [6.45, 7) is 3.25. The lowest BCUT2D eigenvalue weighted by Crippen LogP contribution is -2.41. The Labute approximate surface area is 136 Å². The molecule has 2 heterocycles. The van der Waals surface area contributed by atoms with E-state index >= 15 is 0 Å². The first-order valence-corrected chi connectivity index (χ1v) is 8.09. The van der Waals surface area contributed by atoms with Crippen molar-refractivity contribution in [3.63, 3.8) is 0 Å². The van der Waals surface area contributed by atoms with Crippen LogP contribution in [0.1, 0.15) is 36.8 Å². The summed E-state index contributed by atoms with van der Waals surface area (Å²) in [7, 11) is 1.45. The lowest BCUT2D eigenvalue weighted by atomic mass is 9.75. The number of nitrogens with zero attached hydrogens (tertiary/aromatic N) is 1. The van der Waals surface area contributed by atoms with Crippen LogP contribution in [0.3, 0.4) is 0 Å². The van der Waals surface area contributed by atoms with Gasteiger partial charge in [0.25, 0.3) is 0 Å². The summed E-state index contributed by atoms with van der Waals surface area (Å²) in [5.74, 6) is -0.159. The smallest absolute Gasteiger partial charge is 0.312 e. The lowest BCUT2D eigenvalue weighted by molar-refractivity contribution is -0.162. The Morgan fingerprint density at radius 2 is 2.09 bits per heavy atom. The molecule has 23 heavy (non-hydrogen) atoms. The fraction of sp³-hybridized carbons (Fsp3) is 0.556. The number of rotatable bonds is 4. The molecule has 0 saturated carbocycles. The molecule has 2 aliphatic rings. The van der Waals surface area contributed by atoms with Crippen molar-refractivity contribution in [1.82, 2.24) is 0 Å². The van der Waals surface area contributed by atoms with Crippen LogP contribution >= 0.6 is 0 Å². The van der Waals surface area contributed by atoms with Gasteiger partial charge in [0.1, 0.15) is 6.10 Å². The van der Waals surface area contributed by atoms with Crippen LogP contribution in [0.5, 0.6) is 0 Å². The summed E-state index contributed by atoms with van der Waals surface area (Å²) in [5, 5.41) is 4.26. The number of aryl methyl sites for hydroxylation is 1. The van der Waals surface area contributed by atoms with Crippen LogP contribution in [0, 0.1) is 12.3 Å². The molecule has 1 saturated heterocycles. The molecule has 1 aromatic rings. The standard InChI is InChI=1S/C18H23NO4/c1-13-5-3-4-6-15(13)16-11-14(23-19-16)12-18(17(20)21-2)7-9-22-10-8-18/h3-6,14H,7-12H2,1-2H3/t14-/m0/s1. The highest BCUT2D eigenvalue weighted by atomic mass is 16.6. The SMILES string of the molecule is COC(=O)C1(C[C@@H]2CC(c3ccccc3C)=NO2)CCOCC1. The topological polar surface area (TPSA) is 57.1 Å². The number of hydrogen-bond acceptors (Lipinski definition) is 5. The number of carbonyl (C=O) groups is 1. The molecule has 0 radical (unpaired) electrons. The minimum absolute atomic E-state index is 0.0817. The van der Waals surface area contributed by atoms with Crippen LogP contribution < -0.4 is 0 Å². The number of ether oxygens (including phenoxy) is 2. The molecule has 5 heteroatoms. The second kappa shape index (κ2) is 6.71. The first kappa shape index (κ1) is 16.0. The Balaban J connectivity index is 1.70. The van der Waals surface area contributed by atoms with Gasteiger partial charge < -0.3 is 14.3 Å². The van der Waals surface area contributed by atoms with Gasteiger partial charge in [0.15, 0.2) is 0 Å². The second-order valence-corrected chi connectivity index (χ2v) is 6.37. The van der Waals surface area contributed by atoms with Crippen molar-refractivity contribution < 1.29 is 19.1 Å². The Morgan fingerprint density at radius 1 is 1.35 bits per heavy atom. The highest BCUT2D eigenvalue weighted by Gasteiger charge is 2.44. The molecule has 5 nitrogen and oxygen atoms in total. The molecule has 3 rings (SSSR count). The van der Waals surface area contributed by atoms with Gasteiger partial charge in [-0.25, -0.2) is 0 Å². The molecule has 2 aliphatic heterocycles. The van der Waals surface area contributed by atoms with Crippen molar-refractivity contribution in [1.29, 1.82) is 0 Å². The number of esters is 1. The summed E-state index contributed by atoms with van der Waals surface area (Å²) in [6.07, 6.45) is 2.63. The average molecular weight is 317 g/mol. The number of oxime groups is 1. The van der Waals surface area contributed by atoms with Gasteiger partial charge >= 0.3 is 5.97 Å². The highest BCUT2D eigenvalue weighted by Crippen LogP contribution is 2.39. The van der Waals surface area contributed by atoms with E-state index < -0.39 is 5.41 Å². The Hall–Kier alpha value is -1.88. The molecule has 0 aromatic heterocycles. The Kier molecular flexibility index (Phi) is 4.66. The molecule has 0 spiro atoms. The number of benzene rings is 1. The van der Waals surface area contributed by atoms with Gasteiger partial charge in [-0.1, -0.05) is 29.4 Å². The molecule has 1 fully saturated rings. The van der Waals surface area contributed by atoms with Crippen molar-refractivity contribution in [3.05, 3.63) is 35.4 Å². The summed E-state index contributed by atoms with van der Waals surface area (Å²) in [5.41, 5.74) is 2.76. The van der Waals surface area contributed by atoms with E-state index in [0.717, 1.165) is 17.7 Å². The predicted molar refractivity (Wildman–Crippen MR) is 86.3 cm³/mol. The van der Waals surface area contributed by atoms with E-state index in [9.17, 15) is 4.79 Å². The van der Waals surface area contributed by atoms with Crippen LogP contribution in [0.4, 0.5) is 0 Å². The third kappa shape index (κ3) is 3.24.